The Labute approximate surface area is 197 Å². The Morgan fingerprint density at radius 1 is 1.09 bits per heavy atom. The number of para-hydroxylation sites is 1. The fraction of sp³-hybridized carbons (Fsp3) is 0.269. The maximum atomic E-state index is 13.3. The van der Waals surface area contributed by atoms with Crippen LogP contribution >= 0.6 is 11.8 Å². The van der Waals surface area contributed by atoms with Crippen LogP contribution in [0.1, 0.15) is 30.9 Å². The van der Waals surface area contributed by atoms with Crippen LogP contribution in [0.4, 0.5) is 5.69 Å². The number of nitrogens with zero attached hydrogens (tertiary/aromatic N) is 2. The molecule has 0 aliphatic carbocycles. The first-order valence-electron chi connectivity index (χ1n) is 11.2. The van der Waals surface area contributed by atoms with Crippen molar-refractivity contribution in [1.82, 2.24) is 14.5 Å². The van der Waals surface area contributed by atoms with Gasteiger partial charge in [-0.05, 0) is 37.0 Å². The summed E-state index contributed by atoms with van der Waals surface area (Å²) in [5, 5.41) is 3.58. The van der Waals surface area contributed by atoms with Gasteiger partial charge in [-0.1, -0.05) is 73.6 Å². The molecule has 0 bridgehead atoms. The van der Waals surface area contributed by atoms with Gasteiger partial charge in [0.25, 0.3) is 5.56 Å². The summed E-state index contributed by atoms with van der Waals surface area (Å²) in [6.45, 7) is 6.61. The summed E-state index contributed by atoms with van der Waals surface area (Å²) in [6, 6.07) is 15.8. The number of hydrogen-bond donors (Lipinski definition) is 2. The minimum atomic E-state index is -0.119. The number of rotatable bonds is 8. The highest BCUT2D eigenvalue weighted by atomic mass is 32.2. The third-order valence-electron chi connectivity index (χ3n) is 5.65. The molecule has 2 aromatic heterocycles. The molecule has 1 amide bonds. The highest BCUT2D eigenvalue weighted by Gasteiger charge is 2.18. The second-order valence-corrected chi connectivity index (χ2v) is 9.04. The molecule has 0 atom stereocenters. The number of anilines is 1. The Balaban J connectivity index is 1.66. The Hall–Kier alpha value is -3.32. The summed E-state index contributed by atoms with van der Waals surface area (Å²) in [5.74, 6) is 0.0503. The predicted molar refractivity (Wildman–Crippen MR) is 136 cm³/mol. The highest BCUT2D eigenvalue weighted by Crippen LogP contribution is 2.28. The average Bonchev–Trinajstić information content (AvgIpc) is 3.24. The van der Waals surface area contributed by atoms with Gasteiger partial charge in [0.05, 0.1) is 5.75 Å². The highest BCUT2D eigenvalue weighted by molar-refractivity contribution is 7.99. The summed E-state index contributed by atoms with van der Waals surface area (Å²) in [5.41, 5.74) is 5.78. The van der Waals surface area contributed by atoms with E-state index in [1.807, 2.05) is 68.6 Å². The van der Waals surface area contributed by atoms with Crippen molar-refractivity contribution in [2.45, 2.75) is 45.3 Å². The summed E-state index contributed by atoms with van der Waals surface area (Å²) < 4.78 is 1.69. The van der Waals surface area contributed by atoms with Crippen LogP contribution in [-0.2, 0) is 11.3 Å². The molecule has 2 aromatic carbocycles. The molecule has 0 aliphatic heterocycles. The molecular weight excluding hydrogens is 432 g/mol. The first-order chi connectivity index (χ1) is 16.0. The second-order valence-electron chi connectivity index (χ2n) is 8.10. The molecule has 0 saturated carbocycles. The van der Waals surface area contributed by atoms with Crippen molar-refractivity contribution in [2.24, 2.45) is 0 Å². The fourth-order valence-electron chi connectivity index (χ4n) is 3.85. The molecule has 0 aliphatic rings. The zero-order valence-corrected chi connectivity index (χ0v) is 20.0. The van der Waals surface area contributed by atoms with Gasteiger partial charge < -0.3 is 10.3 Å². The number of aromatic nitrogens is 3. The van der Waals surface area contributed by atoms with Crippen molar-refractivity contribution in [3.8, 4) is 11.1 Å². The number of thioether (sulfide) groups is 1. The number of nitrogens with one attached hydrogen (secondary N) is 2. The molecule has 6 nitrogen and oxygen atoms in total. The Kier molecular flexibility index (Phi) is 6.99. The minimum absolute atomic E-state index is 0.103. The number of carbonyl (C=O) groups is 1. The van der Waals surface area contributed by atoms with Crippen LogP contribution < -0.4 is 10.9 Å². The van der Waals surface area contributed by atoms with E-state index in [0.717, 1.165) is 40.8 Å². The summed E-state index contributed by atoms with van der Waals surface area (Å²) in [7, 11) is 0. The van der Waals surface area contributed by atoms with E-state index >= 15 is 0 Å². The Morgan fingerprint density at radius 3 is 2.52 bits per heavy atom. The van der Waals surface area contributed by atoms with Crippen LogP contribution in [0.15, 0.2) is 64.7 Å². The van der Waals surface area contributed by atoms with Crippen LogP contribution in [0, 0.1) is 13.8 Å². The van der Waals surface area contributed by atoms with Gasteiger partial charge in [0.1, 0.15) is 11.0 Å². The smallest absolute Gasteiger partial charge is 0.278 e. The zero-order valence-electron chi connectivity index (χ0n) is 19.1. The lowest BCUT2D eigenvalue weighted by Gasteiger charge is -2.13. The minimum Gasteiger partial charge on any atom is -0.355 e. The van der Waals surface area contributed by atoms with Gasteiger partial charge in [-0.15, -0.1) is 0 Å². The van der Waals surface area contributed by atoms with Crippen LogP contribution in [0.25, 0.3) is 22.2 Å². The number of benzene rings is 2. The number of aryl methyl sites for hydroxylation is 2. The van der Waals surface area contributed by atoms with Crippen LogP contribution in [0.5, 0.6) is 0 Å². The van der Waals surface area contributed by atoms with E-state index in [4.69, 9.17) is 4.98 Å². The zero-order chi connectivity index (χ0) is 23.4. The fourth-order valence-corrected chi connectivity index (χ4v) is 4.67. The molecule has 0 spiro atoms. The number of hydrogen-bond acceptors (Lipinski definition) is 4. The Bertz CT molecular complexity index is 1320. The first kappa shape index (κ1) is 22.9. The number of aromatic amines is 1. The van der Waals surface area contributed by atoms with E-state index in [2.05, 4.69) is 17.2 Å². The van der Waals surface area contributed by atoms with Crippen molar-refractivity contribution in [2.75, 3.05) is 11.1 Å². The van der Waals surface area contributed by atoms with Crippen molar-refractivity contribution in [3.05, 3.63) is 76.2 Å². The van der Waals surface area contributed by atoms with Crippen LogP contribution in [0.2, 0.25) is 0 Å². The molecule has 0 saturated heterocycles. The largest absolute Gasteiger partial charge is 0.355 e. The van der Waals surface area contributed by atoms with E-state index < -0.39 is 0 Å². The number of H-pyrrole nitrogens is 1. The maximum absolute atomic E-state index is 13.3. The quantitative estimate of drug-likeness (QED) is 0.267. The molecule has 7 heteroatoms. The third-order valence-corrected chi connectivity index (χ3v) is 6.62. The molecule has 4 aromatic rings. The van der Waals surface area contributed by atoms with Gasteiger partial charge in [-0.3, -0.25) is 14.2 Å². The second kappa shape index (κ2) is 10.1. The topological polar surface area (TPSA) is 79.8 Å². The molecule has 170 valence electrons. The monoisotopic (exact) mass is 460 g/mol. The molecule has 0 radical (unpaired) electrons. The molecule has 33 heavy (non-hydrogen) atoms. The lowest BCUT2D eigenvalue weighted by atomic mass is 10.1. The van der Waals surface area contributed by atoms with Crippen molar-refractivity contribution in [3.63, 3.8) is 0 Å². The van der Waals surface area contributed by atoms with Gasteiger partial charge in [0.15, 0.2) is 5.16 Å². The van der Waals surface area contributed by atoms with Crippen molar-refractivity contribution < 1.29 is 4.79 Å². The lowest BCUT2D eigenvalue weighted by Crippen LogP contribution is -2.24. The van der Waals surface area contributed by atoms with Gasteiger partial charge in [-0.2, -0.15) is 0 Å². The third kappa shape index (κ3) is 4.88. The van der Waals surface area contributed by atoms with E-state index in [-0.39, 0.29) is 17.2 Å². The summed E-state index contributed by atoms with van der Waals surface area (Å²) in [6.07, 6.45) is 3.66. The normalized spacial score (nSPS) is 11.1. The lowest BCUT2D eigenvalue weighted by molar-refractivity contribution is -0.113. The molecular formula is C26H28N4O2S. The van der Waals surface area contributed by atoms with Crippen LogP contribution in [0.3, 0.4) is 0 Å². The van der Waals surface area contributed by atoms with Gasteiger partial charge >= 0.3 is 0 Å². The summed E-state index contributed by atoms with van der Waals surface area (Å²) in [4.78, 5) is 34.0. The van der Waals surface area contributed by atoms with Gasteiger partial charge in [0.2, 0.25) is 5.91 Å². The Morgan fingerprint density at radius 2 is 1.82 bits per heavy atom. The SMILES string of the molecule is CCCCn1c(SCC(=O)Nc2c(C)cccc2C)nc2c(-c3ccccc3)c[nH]c2c1=O. The number of amides is 1. The molecule has 0 fully saturated rings. The standard InChI is InChI=1S/C26H28N4O2S/c1-4-5-14-30-25(32)24-23(20(15-27-24)19-12-7-6-8-13-19)29-26(30)33-16-21(31)28-22-17(2)10-9-11-18(22)3/h6-13,15,27H,4-5,14,16H2,1-3H3,(H,28,31). The van der Waals surface area contributed by atoms with Gasteiger partial charge in [-0.25, -0.2) is 4.98 Å². The van der Waals surface area contributed by atoms with E-state index in [9.17, 15) is 9.59 Å². The van der Waals surface area contributed by atoms with E-state index in [1.54, 1.807) is 4.57 Å². The maximum Gasteiger partial charge on any atom is 0.278 e. The van der Waals surface area contributed by atoms with Crippen LogP contribution in [-0.4, -0.2) is 26.2 Å². The molecule has 0 unspecified atom stereocenters. The van der Waals surface area contributed by atoms with E-state index in [0.29, 0.717) is 22.7 Å². The molecule has 2 heterocycles. The summed E-state index contributed by atoms with van der Waals surface area (Å²) >= 11 is 1.30. The number of unbranched alkanes of at least 4 members (excludes halogenated alkanes) is 1. The first-order valence-corrected chi connectivity index (χ1v) is 12.1. The van der Waals surface area contributed by atoms with Gasteiger partial charge in [0, 0.05) is 24.0 Å². The average molecular weight is 461 g/mol. The van der Waals surface area contributed by atoms with Crippen molar-refractivity contribution in [1.29, 1.82) is 0 Å². The number of carbonyl (C=O) groups excluding carboxylic acids is 1. The van der Waals surface area contributed by atoms with Crippen molar-refractivity contribution >= 4 is 34.4 Å². The number of fused-ring (bicyclic) bond motifs is 1. The van der Waals surface area contributed by atoms with E-state index in [1.165, 1.54) is 11.8 Å². The molecule has 2 N–H and O–H groups in total. The molecule has 4 rings (SSSR count). The predicted octanol–water partition coefficient (Wildman–Crippen LogP) is 5.54.